The molecule has 3 rings (SSSR count). The first kappa shape index (κ1) is 14.0. The van der Waals surface area contributed by atoms with Crippen molar-refractivity contribution in [3.8, 4) is 0 Å². The molecule has 1 amide bonds. The molecule has 1 aromatic heterocycles. The van der Waals surface area contributed by atoms with Gasteiger partial charge in [0.1, 0.15) is 0 Å². The van der Waals surface area contributed by atoms with Gasteiger partial charge in [-0.05, 0) is 36.8 Å². The van der Waals surface area contributed by atoms with E-state index in [1.807, 2.05) is 24.3 Å². The highest BCUT2D eigenvalue weighted by atomic mass is 16.1. The summed E-state index contributed by atoms with van der Waals surface area (Å²) in [6.45, 7) is 1.08. The lowest BCUT2D eigenvalue weighted by atomic mass is 9.95. The van der Waals surface area contributed by atoms with Crippen molar-refractivity contribution < 1.29 is 4.79 Å². The number of carbonyl (C=O) groups excluding carboxylic acids is 1. The first-order valence-electron chi connectivity index (χ1n) is 7.60. The first-order chi connectivity index (χ1) is 10.3. The molecule has 0 aliphatic heterocycles. The number of pyridine rings is 1. The van der Waals surface area contributed by atoms with Crippen molar-refractivity contribution in [3.05, 3.63) is 42.2 Å². The van der Waals surface area contributed by atoms with E-state index >= 15 is 0 Å². The molecule has 2 aromatic rings. The van der Waals surface area contributed by atoms with E-state index in [2.05, 4.69) is 16.4 Å². The van der Waals surface area contributed by atoms with Gasteiger partial charge in [0.15, 0.2) is 0 Å². The Morgan fingerprint density at radius 2 is 2.14 bits per heavy atom. The number of rotatable bonds is 4. The second-order valence-electron chi connectivity index (χ2n) is 5.73. The number of hydrogen-bond acceptors (Lipinski definition) is 3. The van der Waals surface area contributed by atoms with Crippen LogP contribution < -0.4 is 11.1 Å². The average Bonchev–Trinajstić information content (AvgIpc) is 3.01. The number of amides is 1. The molecule has 4 heteroatoms. The topological polar surface area (TPSA) is 68.0 Å². The minimum Gasteiger partial charge on any atom is -0.350 e. The van der Waals surface area contributed by atoms with Gasteiger partial charge < -0.3 is 11.1 Å². The zero-order chi connectivity index (χ0) is 14.7. The highest BCUT2D eigenvalue weighted by molar-refractivity contribution is 5.85. The fraction of sp³-hybridized carbons (Fsp3) is 0.412. The number of carbonyl (C=O) groups is 1. The van der Waals surface area contributed by atoms with Gasteiger partial charge in [-0.2, -0.15) is 0 Å². The van der Waals surface area contributed by atoms with Gasteiger partial charge in [0.05, 0.1) is 12.2 Å². The van der Waals surface area contributed by atoms with Crippen LogP contribution in [0.25, 0.3) is 10.8 Å². The Balaban J connectivity index is 1.70. The molecular weight excluding hydrogens is 262 g/mol. The Morgan fingerprint density at radius 1 is 1.29 bits per heavy atom. The molecular formula is C17H21N3O. The summed E-state index contributed by atoms with van der Waals surface area (Å²) in [5.41, 5.74) is 6.67. The van der Waals surface area contributed by atoms with E-state index in [9.17, 15) is 4.79 Å². The molecule has 1 aliphatic carbocycles. The summed E-state index contributed by atoms with van der Waals surface area (Å²) in [6, 6.07) is 10.1. The number of nitrogens with two attached hydrogens (primary N) is 1. The van der Waals surface area contributed by atoms with Gasteiger partial charge in [-0.1, -0.05) is 30.7 Å². The molecule has 0 radical (unpaired) electrons. The smallest absolute Gasteiger partial charge is 0.223 e. The Bertz CT molecular complexity index is 635. The second-order valence-corrected chi connectivity index (χ2v) is 5.73. The van der Waals surface area contributed by atoms with Crippen LogP contribution in [0.4, 0.5) is 0 Å². The maximum absolute atomic E-state index is 12.3. The maximum atomic E-state index is 12.3. The Hall–Kier alpha value is -1.94. The normalized spacial score (nSPS) is 21.6. The predicted octanol–water partition coefficient (Wildman–Crippen LogP) is 2.23. The largest absolute Gasteiger partial charge is 0.350 e. The molecule has 0 spiro atoms. The van der Waals surface area contributed by atoms with E-state index in [0.717, 1.165) is 35.7 Å². The summed E-state index contributed by atoms with van der Waals surface area (Å²) >= 11 is 0. The third-order valence-corrected chi connectivity index (χ3v) is 4.48. The van der Waals surface area contributed by atoms with Crippen LogP contribution in [-0.2, 0) is 11.3 Å². The Labute approximate surface area is 124 Å². The summed E-state index contributed by atoms with van der Waals surface area (Å²) in [5.74, 6) is 0.535. The zero-order valence-corrected chi connectivity index (χ0v) is 12.1. The van der Waals surface area contributed by atoms with Crippen molar-refractivity contribution in [1.29, 1.82) is 0 Å². The fourth-order valence-electron chi connectivity index (χ4n) is 3.29. The van der Waals surface area contributed by atoms with E-state index in [0.29, 0.717) is 19.0 Å². The van der Waals surface area contributed by atoms with Gasteiger partial charge in [-0.3, -0.25) is 9.78 Å². The van der Waals surface area contributed by atoms with Crippen LogP contribution in [0, 0.1) is 11.8 Å². The van der Waals surface area contributed by atoms with Crippen molar-refractivity contribution >= 4 is 16.7 Å². The summed E-state index contributed by atoms with van der Waals surface area (Å²) in [4.78, 5) is 16.7. The highest BCUT2D eigenvalue weighted by Gasteiger charge is 2.31. The lowest BCUT2D eigenvalue weighted by Crippen LogP contribution is -2.34. The van der Waals surface area contributed by atoms with E-state index < -0.39 is 0 Å². The molecule has 0 bridgehead atoms. The Morgan fingerprint density at radius 3 is 3.00 bits per heavy atom. The zero-order valence-electron chi connectivity index (χ0n) is 12.1. The fourth-order valence-corrected chi connectivity index (χ4v) is 3.29. The van der Waals surface area contributed by atoms with Crippen LogP contribution in [0.2, 0.25) is 0 Å². The van der Waals surface area contributed by atoms with E-state index in [4.69, 9.17) is 5.73 Å². The molecule has 1 fully saturated rings. The molecule has 2 atom stereocenters. The van der Waals surface area contributed by atoms with Gasteiger partial charge in [0, 0.05) is 17.5 Å². The van der Waals surface area contributed by atoms with E-state index in [1.165, 1.54) is 0 Å². The number of fused-ring (bicyclic) bond motifs is 1. The molecule has 1 aromatic carbocycles. The molecule has 1 saturated carbocycles. The van der Waals surface area contributed by atoms with Crippen molar-refractivity contribution in [2.75, 3.05) is 6.54 Å². The van der Waals surface area contributed by atoms with Crippen LogP contribution in [0.1, 0.15) is 25.0 Å². The number of nitrogens with zero attached hydrogens (tertiary/aromatic N) is 1. The average molecular weight is 283 g/mol. The van der Waals surface area contributed by atoms with Crippen LogP contribution in [0.3, 0.4) is 0 Å². The van der Waals surface area contributed by atoms with Crippen molar-refractivity contribution in [1.82, 2.24) is 10.3 Å². The monoisotopic (exact) mass is 283 g/mol. The standard InChI is InChI=1S/C17H21N3O/c18-10-13-5-3-7-15(13)17(21)20-11-16-14-6-2-1-4-12(14)8-9-19-16/h1-2,4,6,8-9,13,15H,3,5,7,10-11,18H2,(H,20,21)/t13-,15-/m1/s1. The molecule has 3 N–H and O–H groups in total. The number of hydrogen-bond donors (Lipinski definition) is 2. The predicted molar refractivity (Wildman–Crippen MR) is 83.5 cm³/mol. The van der Waals surface area contributed by atoms with Crippen molar-refractivity contribution in [2.24, 2.45) is 17.6 Å². The molecule has 1 heterocycles. The van der Waals surface area contributed by atoms with Crippen LogP contribution in [0.5, 0.6) is 0 Å². The molecule has 0 saturated heterocycles. The van der Waals surface area contributed by atoms with Crippen LogP contribution >= 0.6 is 0 Å². The summed E-state index contributed by atoms with van der Waals surface area (Å²) in [7, 11) is 0. The molecule has 0 unspecified atom stereocenters. The van der Waals surface area contributed by atoms with Gasteiger partial charge >= 0.3 is 0 Å². The number of benzene rings is 1. The second kappa shape index (κ2) is 6.22. The quantitative estimate of drug-likeness (QED) is 0.904. The number of aromatic nitrogens is 1. The summed E-state index contributed by atoms with van der Waals surface area (Å²) in [6.07, 6.45) is 4.92. The van der Waals surface area contributed by atoms with E-state index in [1.54, 1.807) is 6.20 Å². The van der Waals surface area contributed by atoms with Gasteiger partial charge in [-0.25, -0.2) is 0 Å². The maximum Gasteiger partial charge on any atom is 0.223 e. The lowest BCUT2D eigenvalue weighted by Gasteiger charge is -2.17. The molecule has 1 aliphatic rings. The Kier molecular flexibility index (Phi) is 4.15. The minimum absolute atomic E-state index is 0.0741. The highest BCUT2D eigenvalue weighted by Crippen LogP contribution is 2.31. The SMILES string of the molecule is NC[C@H]1CCC[C@H]1C(=O)NCc1nccc2ccccc12. The van der Waals surface area contributed by atoms with Gasteiger partial charge in [0.2, 0.25) is 5.91 Å². The first-order valence-corrected chi connectivity index (χ1v) is 7.60. The minimum atomic E-state index is 0.0741. The summed E-state index contributed by atoms with van der Waals surface area (Å²) < 4.78 is 0. The lowest BCUT2D eigenvalue weighted by molar-refractivity contribution is -0.126. The summed E-state index contributed by atoms with van der Waals surface area (Å²) in [5, 5.41) is 5.29. The molecule has 4 nitrogen and oxygen atoms in total. The van der Waals surface area contributed by atoms with Gasteiger partial charge in [-0.15, -0.1) is 0 Å². The van der Waals surface area contributed by atoms with Crippen LogP contribution in [0.15, 0.2) is 36.5 Å². The van der Waals surface area contributed by atoms with E-state index in [-0.39, 0.29) is 11.8 Å². The van der Waals surface area contributed by atoms with Crippen molar-refractivity contribution in [2.45, 2.75) is 25.8 Å². The van der Waals surface area contributed by atoms with Gasteiger partial charge in [0.25, 0.3) is 0 Å². The third kappa shape index (κ3) is 2.90. The molecule has 21 heavy (non-hydrogen) atoms. The third-order valence-electron chi connectivity index (χ3n) is 4.48. The molecule has 110 valence electrons. The number of nitrogens with one attached hydrogen (secondary N) is 1. The van der Waals surface area contributed by atoms with Crippen LogP contribution in [-0.4, -0.2) is 17.4 Å². The van der Waals surface area contributed by atoms with Crippen molar-refractivity contribution in [3.63, 3.8) is 0 Å².